The van der Waals surface area contributed by atoms with Gasteiger partial charge in [0.2, 0.25) is 0 Å². The van der Waals surface area contributed by atoms with Crippen LogP contribution >= 0.6 is 0 Å². The van der Waals surface area contributed by atoms with Gasteiger partial charge in [-0.1, -0.05) is 25.0 Å². The lowest BCUT2D eigenvalue weighted by Gasteiger charge is -2.23. The van der Waals surface area contributed by atoms with E-state index in [9.17, 15) is 13.9 Å². The summed E-state index contributed by atoms with van der Waals surface area (Å²) in [4.78, 5) is 0. The fourth-order valence-electron chi connectivity index (χ4n) is 2.83. The lowest BCUT2D eigenvalue weighted by molar-refractivity contribution is -0.0521. The molecule has 0 unspecified atom stereocenters. The second-order valence-electron chi connectivity index (χ2n) is 5.59. The molecule has 0 aliphatic heterocycles. The van der Waals surface area contributed by atoms with Gasteiger partial charge in [0.1, 0.15) is 0 Å². The van der Waals surface area contributed by atoms with Crippen molar-refractivity contribution >= 4 is 0 Å². The van der Waals surface area contributed by atoms with E-state index in [4.69, 9.17) is 4.74 Å². The number of aliphatic hydroxyl groups is 1. The van der Waals surface area contributed by atoms with Crippen LogP contribution in [0.3, 0.4) is 0 Å². The average Bonchev–Trinajstić information content (AvgIpc) is 2.89. The maximum atomic E-state index is 12.6. The molecule has 6 heteroatoms. The Morgan fingerprint density at radius 2 is 2.05 bits per heavy atom. The van der Waals surface area contributed by atoms with E-state index in [1.807, 2.05) is 0 Å². The van der Waals surface area contributed by atoms with Crippen LogP contribution in [0.25, 0.3) is 0 Å². The van der Waals surface area contributed by atoms with Crippen molar-refractivity contribution in [1.29, 1.82) is 0 Å². The molecule has 1 saturated carbocycles. The maximum absolute atomic E-state index is 12.6. The highest BCUT2D eigenvalue weighted by molar-refractivity contribution is 5.46. The number of para-hydroxylation sites is 1. The van der Waals surface area contributed by atoms with Gasteiger partial charge in [-0.25, -0.2) is 0 Å². The minimum atomic E-state index is -2.90. The molecule has 4 nitrogen and oxygen atoms in total. The quantitative estimate of drug-likeness (QED) is 0.774. The third-order valence-electron chi connectivity index (χ3n) is 3.87. The number of rotatable bonds is 8. The van der Waals surface area contributed by atoms with Crippen molar-refractivity contribution in [3.8, 4) is 11.5 Å². The molecule has 0 aromatic heterocycles. The smallest absolute Gasteiger partial charge is 0.387 e. The molecule has 1 aromatic rings. The van der Waals surface area contributed by atoms with Gasteiger partial charge in [0.05, 0.1) is 12.2 Å². The minimum absolute atomic E-state index is 0.0604. The Morgan fingerprint density at radius 1 is 1.32 bits per heavy atom. The molecule has 1 aliphatic rings. The van der Waals surface area contributed by atoms with Crippen molar-refractivity contribution < 1.29 is 23.4 Å². The van der Waals surface area contributed by atoms with E-state index in [2.05, 4.69) is 10.1 Å². The van der Waals surface area contributed by atoms with Crippen LogP contribution in [0.4, 0.5) is 8.78 Å². The zero-order valence-electron chi connectivity index (χ0n) is 12.8. The minimum Gasteiger partial charge on any atom is -0.490 e. The van der Waals surface area contributed by atoms with Gasteiger partial charge < -0.3 is 19.9 Å². The summed E-state index contributed by atoms with van der Waals surface area (Å²) in [6.45, 7) is 0.0353. The molecular formula is C16H23F2NO3. The van der Waals surface area contributed by atoms with E-state index in [0.717, 1.165) is 25.7 Å². The van der Waals surface area contributed by atoms with Crippen LogP contribution in [-0.2, 0) is 6.54 Å². The number of hydrogen-bond donors (Lipinski definition) is 2. The largest absolute Gasteiger partial charge is 0.490 e. The molecule has 1 aliphatic carbocycles. The van der Waals surface area contributed by atoms with Gasteiger partial charge in [-0.3, -0.25) is 0 Å². The van der Waals surface area contributed by atoms with Crippen LogP contribution < -0.4 is 14.8 Å². The summed E-state index contributed by atoms with van der Waals surface area (Å²) < 4.78 is 35.2. The van der Waals surface area contributed by atoms with Crippen LogP contribution in [0.15, 0.2) is 18.2 Å². The topological polar surface area (TPSA) is 50.7 Å². The summed E-state index contributed by atoms with van der Waals surface area (Å²) >= 11 is 0. The molecule has 1 aromatic carbocycles. The molecule has 0 spiro atoms. The first-order valence-electron chi connectivity index (χ1n) is 7.67. The van der Waals surface area contributed by atoms with Crippen molar-refractivity contribution in [3.63, 3.8) is 0 Å². The van der Waals surface area contributed by atoms with Crippen molar-refractivity contribution in [2.75, 3.05) is 13.2 Å². The number of hydrogen-bond acceptors (Lipinski definition) is 4. The Labute approximate surface area is 129 Å². The van der Waals surface area contributed by atoms with Crippen LogP contribution in [0.2, 0.25) is 0 Å². The molecule has 0 bridgehead atoms. The van der Waals surface area contributed by atoms with E-state index in [1.165, 1.54) is 0 Å². The molecule has 0 saturated heterocycles. The first kappa shape index (κ1) is 17.0. The van der Waals surface area contributed by atoms with Gasteiger partial charge in [-0.05, 0) is 25.8 Å². The first-order valence-corrected chi connectivity index (χ1v) is 7.67. The Balaban J connectivity index is 2.03. The van der Waals surface area contributed by atoms with Crippen LogP contribution in [0.1, 0.15) is 38.2 Å². The number of halogens is 2. The highest BCUT2D eigenvalue weighted by atomic mass is 19.3. The highest BCUT2D eigenvalue weighted by Crippen LogP contribution is 2.33. The average molecular weight is 315 g/mol. The second kappa shape index (κ2) is 7.74. The van der Waals surface area contributed by atoms with Crippen molar-refractivity contribution in [1.82, 2.24) is 5.32 Å². The summed E-state index contributed by atoms with van der Waals surface area (Å²) in [5, 5.41) is 13.4. The molecule has 0 atom stereocenters. The summed E-state index contributed by atoms with van der Waals surface area (Å²) in [7, 11) is 0. The Hall–Kier alpha value is -1.40. The Kier molecular flexibility index (Phi) is 5.97. The molecule has 0 radical (unpaired) electrons. The molecule has 1 fully saturated rings. The zero-order chi connectivity index (χ0) is 16.0. The molecular weight excluding hydrogens is 292 g/mol. The van der Waals surface area contributed by atoms with Crippen LogP contribution in [0.5, 0.6) is 11.5 Å². The lowest BCUT2D eigenvalue weighted by Crippen LogP contribution is -2.37. The molecule has 2 N–H and O–H groups in total. The third-order valence-corrected chi connectivity index (χ3v) is 3.87. The van der Waals surface area contributed by atoms with Gasteiger partial charge in [0.15, 0.2) is 11.5 Å². The van der Waals surface area contributed by atoms with Crippen molar-refractivity contribution in [3.05, 3.63) is 23.8 Å². The number of ether oxygens (including phenoxy) is 2. The molecule has 22 heavy (non-hydrogen) atoms. The maximum Gasteiger partial charge on any atom is 0.387 e. The number of nitrogens with one attached hydrogen (secondary N) is 1. The van der Waals surface area contributed by atoms with E-state index in [0.29, 0.717) is 31.0 Å². The van der Waals surface area contributed by atoms with Gasteiger partial charge in [-0.15, -0.1) is 0 Å². The van der Waals surface area contributed by atoms with E-state index < -0.39 is 12.2 Å². The first-order chi connectivity index (χ1) is 10.5. The number of alkyl halides is 2. The zero-order valence-corrected chi connectivity index (χ0v) is 12.8. The fourth-order valence-corrected chi connectivity index (χ4v) is 2.83. The van der Waals surface area contributed by atoms with E-state index >= 15 is 0 Å². The normalized spacial score (nSPS) is 17.0. The third kappa shape index (κ3) is 4.55. The van der Waals surface area contributed by atoms with Gasteiger partial charge >= 0.3 is 6.61 Å². The standard InChI is InChI=1S/C16H23F2NO3/c1-2-21-13-7-5-6-12(14(13)22-15(17)18)10-19-11-16(20)8-3-4-9-16/h5-7,15,19-20H,2-4,8-11H2,1H3. The number of benzene rings is 1. The molecule has 124 valence electrons. The molecule has 2 rings (SSSR count). The van der Waals surface area contributed by atoms with Crippen LogP contribution in [-0.4, -0.2) is 30.5 Å². The Morgan fingerprint density at radius 3 is 2.68 bits per heavy atom. The second-order valence-corrected chi connectivity index (χ2v) is 5.59. The summed E-state index contributed by atoms with van der Waals surface area (Å²) in [5.41, 5.74) is -0.0887. The van der Waals surface area contributed by atoms with Crippen molar-refractivity contribution in [2.24, 2.45) is 0 Å². The van der Waals surface area contributed by atoms with Gasteiger partial charge in [0, 0.05) is 18.7 Å². The summed E-state index contributed by atoms with van der Waals surface area (Å²) in [6, 6.07) is 5.06. The van der Waals surface area contributed by atoms with Crippen molar-refractivity contribution in [2.45, 2.75) is 51.4 Å². The monoisotopic (exact) mass is 315 g/mol. The highest BCUT2D eigenvalue weighted by Gasteiger charge is 2.30. The predicted molar refractivity (Wildman–Crippen MR) is 79.4 cm³/mol. The molecule has 0 heterocycles. The Bertz CT molecular complexity index is 476. The van der Waals surface area contributed by atoms with Crippen LogP contribution in [0, 0.1) is 0 Å². The predicted octanol–water partition coefficient (Wildman–Crippen LogP) is 3.08. The summed E-state index contributed by atoms with van der Waals surface area (Å²) in [6.07, 6.45) is 3.61. The van der Waals surface area contributed by atoms with E-state index in [-0.39, 0.29) is 5.75 Å². The SMILES string of the molecule is CCOc1cccc(CNCC2(O)CCCC2)c1OC(F)F. The lowest BCUT2D eigenvalue weighted by atomic mass is 10.0. The van der Waals surface area contributed by atoms with Gasteiger partial charge in [-0.2, -0.15) is 8.78 Å². The summed E-state index contributed by atoms with van der Waals surface area (Å²) in [5.74, 6) is 0.368. The van der Waals surface area contributed by atoms with Gasteiger partial charge in [0.25, 0.3) is 0 Å². The fraction of sp³-hybridized carbons (Fsp3) is 0.625. The van der Waals surface area contributed by atoms with E-state index in [1.54, 1.807) is 25.1 Å². The molecule has 0 amide bonds.